The fraction of sp³-hybridized carbons (Fsp3) is 0.174. The predicted molar refractivity (Wildman–Crippen MR) is 129 cm³/mol. The molecule has 0 saturated heterocycles. The molecular formula is C23H20ClN3O2S2. The van der Waals surface area contributed by atoms with Gasteiger partial charge in [0.15, 0.2) is 0 Å². The number of hydrogen-bond donors (Lipinski definition) is 2. The van der Waals surface area contributed by atoms with Crippen molar-refractivity contribution >= 4 is 61.3 Å². The van der Waals surface area contributed by atoms with E-state index in [0.717, 1.165) is 28.9 Å². The van der Waals surface area contributed by atoms with Crippen LogP contribution in [0.15, 0.2) is 54.6 Å². The summed E-state index contributed by atoms with van der Waals surface area (Å²) >= 11 is 9.03. The van der Waals surface area contributed by atoms with Crippen LogP contribution in [0.1, 0.15) is 37.0 Å². The first kappa shape index (κ1) is 21.5. The number of aromatic nitrogens is 1. The lowest BCUT2D eigenvalue weighted by Crippen LogP contribution is -2.24. The minimum Gasteiger partial charge on any atom is -0.351 e. The average molecular weight is 470 g/mol. The highest BCUT2D eigenvalue weighted by Crippen LogP contribution is 2.28. The Kier molecular flexibility index (Phi) is 6.65. The van der Waals surface area contributed by atoms with Crippen molar-refractivity contribution in [3.05, 3.63) is 80.6 Å². The molecule has 31 heavy (non-hydrogen) atoms. The Morgan fingerprint density at radius 3 is 2.61 bits per heavy atom. The number of carbonyl (C=O) groups is 2. The topological polar surface area (TPSA) is 71.1 Å². The summed E-state index contributed by atoms with van der Waals surface area (Å²) in [6, 6.07) is 16.7. The lowest BCUT2D eigenvalue weighted by atomic mass is 10.2. The van der Waals surface area contributed by atoms with Gasteiger partial charge in [0.05, 0.1) is 35.7 Å². The summed E-state index contributed by atoms with van der Waals surface area (Å²) in [6.07, 6.45) is 1.63. The molecule has 0 spiro atoms. The number of rotatable bonds is 7. The van der Waals surface area contributed by atoms with Gasteiger partial charge in [-0.25, -0.2) is 4.98 Å². The standard InChI is InChI=1S/C23H20ClN3O2S2/c1-14-13-20(27-22(28)15-7-2-3-8-16(15)24)31-21(14)23(29)25-12-6-11-19-26-17-9-4-5-10-18(17)30-19/h2-5,7-10,13H,6,11-12H2,1H3,(H,25,29)(H,27,28). The average Bonchev–Trinajstić information content (AvgIpc) is 3.34. The number of nitrogens with zero attached hydrogens (tertiary/aromatic N) is 1. The molecule has 2 heterocycles. The van der Waals surface area contributed by atoms with Crippen molar-refractivity contribution in [3.8, 4) is 0 Å². The summed E-state index contributed by atoms with van der Waals surface area (Å²) in [7, 11) is 0. The fourth-order valence-electron chi connectivity index (χ4n) is 3.14. The Balaban J connectivity index is 1.31. The van der Waals surface area contributed by atoms with Crippen LogP contribution < -0.4 is 10.6 Å². The molecule has 0 aliphatic carbocycles. The maximum absolute atomic E-state index is 12.6. The van der Waals surface area contributed by atoms with Gasteiger partial charge in [0.2, 0.25) is 0 Å². The number of amides is 2. The zero-order chi connectivity index (χ0) is 21.8. The quantitative estimate of drug-likeness (QED) is 0.329. The summed E-state index contributed by atoms with van der Waals surface area (Å²) in [6.45, 7) is 2.42. The highest BCUT2D eigenvalue weighted by atomic mass is 35.5. The summed E-state index contributed by atoms with van der Waals surface area (Å²) in [5.74, 6) is -0.431. The highest BCUT2D eigenvalue weighted by Gasteiger charge is 2.16. The molecule has 8 heteroatoms. The van der Waals surface area contributed by atoms with E-state index in [1.807, 2.05) is 25.1 Å². The summed E-state index contributed by atoms with van der Waals surface area (Å²) in [5, 5.41) is 7.87. The second-order valence-corrected chi connectivity index (χ2v) is 9.57. The Labute approximate surface area is 193 Å². The number of thiophene rings is 1. The number of anilines is 1. The van der Waals surface area contributed by atoms with E-state index in [1.165, 1.54) is 16.0 Å². The van der Waals surface area contributed by atoms with Crippen molar-refractivity contribution in [1.82, 2.24) is 10.3 Å². The number of para-hydroxylation sites is 1. The van der Waals surface area contributed by atoms with Crippen molar-refractivity contribution in [2.45, 2.75) is 19.8 Å². The molecule has 4 aromatic rings. The first-order chi connectivity index (χ1) is 15.0. The van der Waals surface area contributed by atoms with Gasteiger partial charge in [-0.05, 0) is 49.2 Å². The molecule has 0 aliphatic rings. The van der Waals surface area contributed by atoms with Gasteiger partial charge >= 0.3 is 0 Å². The van der Waals surface area contributed by atoms with Crippen molar-refractivity contribution in [1.29, 1.82) is 0 Å². The Hall–Kier alpha value is -2.74. The number of hydrogen-bond acceptors (Lipinski definition) is 5. The number of aryl methyl sites for hydroxylation is 2. The minimum atomic E-state index is -0.297. The smallest absolute Gasteiger partial charge is 0.261 e. The maximum Gasteiger partial charge on any atom is 0.261 e. The van der Waals surface area contributed by atoms with E-state index < -0.39 is 0 Å². The van der Waals surface area contributed by atoms with Gasteiger partial charge in [-0.15, -0.1) is 22.7 Å². The number of carbonyl (C=O) groups excluding carboxylic acids is 2. The minimum absolute atomic E-state index is 0.134. The molecule has 158 valence electrons. The van der Waals surface area contributed by atoms with E-state index in [1.54, 1.807) is 41.7 Å². The van der Waals surface area contributed by atoms with E-state index in [4.69, 9.17) is 11.6 Å². The van der Waals surface area contributed by atoms with Crippen molar-refractivity contribution < 1.29 is 9.59 Å². The van der Waals surface area contributed by atoms with Gasteiger partial charge < -0.3 is 10.6 Å². The lowest BCUT2D eigenvalue weighted by Gasteiger charge is -2.04. The van der Waals surface area contributed by atoms with Crippen molar-refractivity contribution in [3.63, 3.8) is 0 Å². The van der Waals surface area contributed by atoms with Gasteiger partial charge in [-0.3, -0.25) is 9.59 Å². The van der Waals surface area contributed by atoms with Crippen molar-refractivity contribution in [2.75, 3.05) is 11.9 Å². The second-order valence-electron chi connectivity index (χ2n) is 6.99. The SMILES string of the molecule is Cc1cc(NC(=O)c2ccccc2Cl)sc1C(=O)NCCCc1nc2ccccc2s1. The van der Waals surface area contributed by atoms with E-state index in [2.05, 4.69) is 21.7 Å². The largest absolute Gasteiger partial charge is 0.351 e. The molecule has 0 atom stereocenters. The van der Waals surface area contributed by atoms with Crippen LogP contribution >= 0.6 is 34.3 Å². The van der Waals surface area contributed by atoms with Gasteiger partial charge in [0.1, 0.15) is 0 Å². The summed E-state index contributed by atoms with van der Waals surface area (Å²) in [5.41, 5.74) is 2.24. The van der Waals surface area contributed by atoms with E-state index in [-0.39, 0.29) is 11.8 Å². The van der Waals surface area contributed by atoms with Crippen molar-refractivity contribution in [2.24, 2.45) is 0 Å². The molecule has 2 amide bonds. The number of halogens is 1. The number of benzene rings is 2. The molecule has 2 aromatic carbocycles. The third-order valence-corrected chi connectivity index (χ3v) is 7.25. The first-order valence-electron chi connectivity index (χ1n) is 9.80. The van der Waals surface area contributed by atoms with E-state index >= 15 is 0 Å². The maximum atomic E-state index is 12.6. The Morgan fingerprint density at radius 2 is 1.81 bits per heavy atom. The van der Waals surface area contributed by atoms with Crippen LogP contribution in [0.3, 0.4) is 0 Å². The van der Waals surface area contributed by atoms with E-state index in [0.29, 0.717) is 27.0 Å². The monoisotopic (exact) mass is 469 g/mol. The molecule has 0 fully saturated rings. The molecule has 0 saturated carbocycles. The Morgan fingerprint density at radius 1 is 1.03 bits per heavy atom. The molecule has 0 unspecified atom stereocenters. The molecule has 5 nitrogen and oxygen atoms in total. The number of fused-ring (bicyclic) bond motifs is 1. The Bertz CT molecular complexity index is 1220. The van der Waals surface area contributed by atoms with Crippen LogP contribution in [-0.2, 0) is 6.42 Å². The van der Waals surface area contributed by atoms with Crippen LogP contribution in [0.2, 0.25) is 5.02 Å². The van der Waals surface area contributed by atoms with Gasteiger partial charge in [-0.1, -0.05) is 35.9 Å². The van der Waals surface area contributed by atoms with Gasteiger partial charge in [0.25, 0.3) is 11.8 Å². The normalized spacial score (nSPS) is 10.9. The zero-order valence-corrected chi connectivity index (χ0v) is 19.2. The second kappa shape index (κ2) is 9.60. The third-order valence-electron chi connectivity index (χ3n) is 4.67. The summed E-state index contributed by atoms with van der Waals surface area (Å²) < 4.78 is 1.18. The van der Waals surface area contributed by atoms with Crippen LogP contribution in [0.4, 0.5) is 5.00 Å². The molecule has 2 N–H and O–H groups in total. The molecule has 0 radical (unpaired) electrons. The van der Waals surface area contributed by atoms with Gasteiger partial charge in [0, 0.05) is 13.0 Å². The predicted octanol–water partition coefficient (Wildman–Crippen LogP) is 5.93. The fourth-order valence-corrected chi connectivity index (χ4v) is 5.36. The van der Waals surface area contributed by atoms with Crippen LogP contribution in [-0.4, -0.2) is 23.3 Å². The highest BCUT2D eigenvalue weighted by molar-refractivity contribution is 7.18. The lowest BCUT2D eigenvalue weighted by molar-refractivity contribution is 0.0955. The summed E-state index contributed by atoms with van der Waals surface area (Å²) in [4.78, 5) is 30.2. The van der Waals surface area contributed by atoms with Crippen LogP contribution in [0.25, 0.3) is 10.2 Å². The molecule has 2 aromatic heterocycles. The first-order valence-corrected chi connectivity index (χ1v) is 11.8. The molecule has 0 bridgehead atoms. The molecule has 0 aliphatic heterocycles. The zero-order valence-electron chi connectivity index (χ0n) is 16.8. The van der Waals surface area contributed by atoms with Crippen LogP contribution in [0.5, 0.6) is 0 Å². The van der Waals surface area contributed by atoms with Gasteiger partial charge in [-0.2, -0.15) is 0 Å². The number of thiazole rings is 1. The third kappa shape index (κ3) is 5.12. The molecular weight excluding hydrogens is 450 g/mol. The number of nitrogens with one attached hydrogen (secondary N) is 2. The van der Waals surface area contributed by atoms with E-state index in [9.17, 15) is 9.59 Å². The molecule has 4 rings (SSSR count). The van der Waals surface area contributed by atoms with Crippen LogP contribution in [0, 0.1) is 6.92 Å².